The van der Waals surface area contributed by atoms with Gasteiger partial charge in [-0.2, -0.15) is 0 Å². The Bertz CT molecular complexity index is 876. The zero-order valence-electron chi connectivity index (χ0n) is 14.3. The van der Waals surface area contributed by atoms with Crippen LogP contribution in [0, 0.1) is 5.82 Å². The lowest BCUT2D eigenvalue weighted by molar-refractivity contribution is 0.0724. The van der Waals surface area contributed by atoms with E-state index in [-0.39, 0.29) is 22.9 Å². The van der Waals surface area contributed by atoms with Crippen LogP contribution in [0.1, 0.15) is 35.2 Å². The third-order valence-electron chi connectivity index (χ3n) is 4.47. The third kappa shape index (κ3) is 4.28. The molecule has 7 heteroatoms. The number of rotatable bonds is 5. The van der Waals surface area contributed by atoms with Crippen LogP contribution in [0.5, 0.6) is 0 Å². The number of nitrogens with one attached hydrogen (secondary N) is 1. The summed E-state index contributed by atoms with van der Waals surface area (Å²) in [6, 6.07) is 11.9. The highest BCUT2D eigenvalue weighted by Crippen LogP contribution is 2.16. The van der Waals surface area contributed by atoms with Gasteiger partial charge in [-0.1, -0.05) is 18.2 Å². The van der Waals surface area contributed by atoms with Gasteiger partial charge in [0.05, 0.1) is 4.90 Å². The van der Waals surface area contributed by atoms with Crippen molar-refractivity contribution in [2.75, 3.05) is 13.1 Å². The number of piperidine rings is 1. The van der Waals surface area contributed by atoms with Gasteiger partial charge in [-0.3, -0.25) is 4.79 Å². The molecule has 1 amide bonds. The van der Waals surface area contributed by atoms with Crippen LogP contribution in [0.3, 0.4) is 0 Å². The number of carbonyl (C=O) groups excluding carboxylic acids is 1. The second-order valence-corrected chi connectivity index (χ2v) is 8.06. The molecule has 1 aliphatic heterocycles. The van der Waals surface area contributed by atoms with Crippen molar-refractivity contribution in [1.82, 2.24) is 9.62 Å². The van der Waals surface area contributed by atoms with E-state index in [0.717, 1.165) is 32.4 Å². The first-order valence-corrected chi connectivity index (χ1v) is 10.1. The van der Waals surface area contributed by atoms with Crippen molar-refractivity contribution in [3.63, 3.8) is 0 Å². The van der Waals surface area contributed by atoms with E-state index >= 15 is 0 Å². The first-order valence-electron chi connectivity index (χ1n) is 8.60. The van der Waals surface area contributed by atoms with E-state index in [4.69, 9.17) is 0 Å². The van der Waals surface area contributed by atoms with Crippen molar-refractivity contribution in [1.29, 1.82) is 0 Å². The molecule has 1 aliphatic rings. The Morgan fingerprint density at radius 2 is 1.65 bits per heavy atom. The molecule has 3 rings (SSSR count). The highest BCUT2D eigenvalue weighted by atomic mass is 32.2. The average molecular weight is 376 g/mol. The molecule has 0 aromatic heterocycles. The van der Waals surface area contributed by atoms with E-state index < -0.39 is 15.8 Å². The van der Waals surface area contributed by atoms with E-state index in [1.54, 1.807) is 17.0 Å². The molecule has 0 atom stereocenters. The summed E-state index contributed by atoms with van der Waals surface area (Å²) in [4.78, 5) is 14.3. The monoisotopic (exact) mass is 376 g/mol. The van der Waals surface area contributed by atoms with Crippen LogP contribution in [0.15, 0.2) is 53.4 Å². The summed E-state index contributed by atoms with van der Waals surface area (Å²) < 4.78 is 40.7. The number of benzene rings is 2. The van der Waals surface area contributed by atoms with Crippen LogP contribution in [-0.4, -0.2) is 32.3 Å². The first kappa shape index (κ1) is 18.5. The molecule has 1 heterocycles. The van der Waals surface area contributed by atoms with Gasteiger partial charge in [0.15, 0.2) is 0 Å². The molecule has 0 saturated carbocycles. The van der Waals surface area contributed by atoms with Gasteiger partial charge in [0.1, 0.15) is 5.82 Å². The summed E-state index contributed by atoms with van der Waals surface area (Å²) in [7, 11) is -3.78. The maximum atomic E-state index is 13.6. The van der Waals surface area contributed by atoms with E-state index in [0.29, 0.717) is 5.56 Å². The highest BCUT2D eigenvalue weighted by molar-refractivity contribution is 7.89. The molecule has 1 fully saturated rings. The molecule has 138 valence electrons. The molecule has 2 aromatic rings. The smallest absolute Gasteiger partial charge is 0.253 e. The summed E-state index contributed by atoms with van der Waals surface area (Å²) in [5.74, 6) is -0.536. The fourth-order valence-corrected chi connectivity index (χ4v) is 3.96. The predicted molar refractivity (Wildman–Crippen MR) is 96.6 cm³/mol. The molecule has 0 radical (unpaired) electrons. The number of halogens is 1. The first-order chi connectivity index (χ1) is 12.5. The molecule has 0 spiro atoms. The van der Waals surface area contributed by atoms with E-state index in [1.165, 1.54) is 36.4 Å². The van der Waals surface area contributed by atoms with Crippen LogP contribution in [0.4, 0.5) is 4.39 Å². The quantitative estimate of drug-likeness (QED) is 0.873. The maximum Gasteiger partial charge on any atom is 0.253 e. The van der Waals surface area contributed by atoms with Gasteiger partial charge in [-0.25, -0.2) is 17.5 Å². The third-order valence-corrected chi connectivity index (χ3v) is 5.88. The summed E-state index contributed by atoms with van der Waals surface area (Å²) in [5, 5.41) is 0. The van der Waals surface area contributed by atoms with Crippen molar-refractivity contribution < 1.29 is 17.6 Å². The van der Waals surface area contributed by atoms with Crippen LogP contribution in [0.25, 0.3) is 0 Å². The van der Waals surface area contributed by atoms with Gasteiger partial charge in [0.2, 0.25) is 10.0 Å². The molecule has 0 unspecified atom stereocenters. The molecule has 0 aliphatic carbocycles. The number of amides is 1. The Morgan fingerprint density at radius 3 is 2.31 bits per heavy atom. The van der Waals surface area contributed by atoms with Crippen molar-refractivity contribution in [2.24, 2.45) is 0 Å². The normalized spacial score (nSPS) is 15.0. The van der Waals surface area contributed by atoms with Crippen LogP contribution < -0.4 is 4.72 Å². The van der Waals surface area contributed by atoms with Gasteiger partial charge in [0, 0.05) is 30.8 Å². The number of carbonyl (C=O) groups is 1. The minimum Gasteiger partial charge on any atom is -0.339 e. The Morgan fingerprint density at radius 1 is 1.00 bits per heavy atom. The standard InChI is InChI=1S/C19H21FN2O3S/c20-18-7-3-2-6-16(18)14-21-26(24,25)17-10-8-15(9-11-17)19(23)22-12-4-1-5-13-22/h2-3,6-11,21H,1,4-5,12-14H2. The Balaban J connectivity index is 1.68. The van der Waals surface area contributed by atoms with Gasteiger partial charge < -0.3 is 4.90 Å². The van der Waals surface area contributed by atoms with Crippen LogP contribution in [0.2, 0.25) is 0 Å². The number of sulfonamides is 1. The minimum atomic E-state index is -3.78. The maximum absolute atomic E-state index is 13.6. The number of nitrogens with zero attached hydrogens (tertiary/aromatic N) is 1. The van der Waals surface area contributed by atoms with E-state index in [1.807, 2.05) is 0 Å². The fraction of sp³-hybridized carbons (Fsp3) is 0.316. The van der Waals surface area contributed by atoms with Gasteiger partial charge >= 0.3 is 0 Å². The number of hydrogen-bond acceptors (Lipinski definition) is 3. The van der Waals surface area contributed by atoms with E-state index in [9.17, 15) is 17.6 Å². The summed E-state index contributed by atoms with van der Waals surface area (Å²) >= 11 is 0. The molecular formula is C19H21FN2O3S. The molecule has 0 bridgehead atoms. The minimum absolute atomic E-state index is 0.0454. The predicted octanol–water partition coefficient (Wildman–Crippen LogP) is 2.93. The fourth-order valence-electron chi connectivity index (χ4n) is 2.95. The molecular weight excluding hydrogens is 355 g/mol. The Labute approximate surface area is 152 Å². The van der Waals surface area contributed by atoms with Crippen molar-refractivity contribution in [3.05, 3.63) is 65.5 Å². The molecule has 2 aromatic carbocycles. The Hall–Kier alpha value is -2.25. The van der Waals surface area contributed by atoms with E-state index in [2.05, 4.69) is 4.72 Å². The Kier molecular flexibility index (Phi) is 5.68. The average Bonchev–Trinajstić information content (AvgIpc) is 2.67. The molecule has 26 heavy (non-hydrogen) atoms. The van der Waals surface area contributed by atoms with Gasteiger partial charge in [-0.05, 0) is 49.6 Å². The number of hydrogen-bond donors (Lipinski definition) is 1. The highest BCUT2D eigenvalue weighted by Gasteiger charge is 2.20. The molecule has 1 saturated heterocycles. The van der Waals surface area contributed by atoms with Crippen molar-refractivity contribution >= 4 is 15.9 Å². The summed E-state index contributed by atoms with van der Waals surface area (Å²) in [5.41, 5.74) is 0.743. The van der Waals surface area contributed by atoms with Crippen LogP contribution >= 0.6 is 0 Å². The largest absolute Gasteiger partial charge is 0.339 e. The second-order valence-electron chi connectivity index (χ2n) is 6.29. The molecule has 1 N–H and O–H groups in total. The zero-order chi connectivity index (χ0) is 18.6. The zero-order valence-corrected chi connectivity index (χ0v) is 15.1. The lowest BCUT2D eigenvalue weighted by atomic mass is 10.1. The topological polar surface area (TPSA) is 66.5 Å². The number of likely N-dealkylation sites (tertiary alicyclic amines) is 1. The lowest BCUT2D eigenvalue weighted by Crippen LogP contribution is -2.35. The second kappa shape index (κ2) is 7.97. The molecule has 5 nitrogen and oxygen atoms in total. The van der Waals surface area contributed by atoms with Gasteiger partial charge in [-0.15, -0.1) is 0 Å². The lowest BCUT2D eigenvalue weighted by Gasteiger charge is -2.26. The van der Waals surface area contributed by atoms with Crippen molar-refractivity contribution in [3.8, 4) is 0 Å². The van der Waals surface area contributed by atoms with Gasteiger partial charge in [0.25, 0.3) is 5.91 Å². The summed E-state index contributed by atoms with van der Waals surface area (Å²) in [6.07, 6.45) is 3.13. The summed E-state index contributed by atoms with van der Waals surface area (Å²) in [6.45, 7) is 1.34. The van der Waals surface area contributed by atoms with Crippen molar-refractivity contribution in [2.45, 2.75) is 30.7 Å². The van der Waals surface area contributed by atoms with Crippen LogP contribution in [-0.2, 0) is 16.6 Å². The SMILES string of the molecule is O=C(c1ccc(S(=O)(=O)NCc2ccccc2F)cc1)N1CCCCC1.